The summed E-state index contributed by atoms with van der Waals surface area (Å²) in [5.41, 5.74) is 0.250. The van der Waals surface area contributed by atoms with Gasteiger partial charge in [0.25, 0.3) is 0 Å². The van der Waals surface area contributed by atoms with E-state index in [-0.39, 0.29) is 16.8 Å². The van der Waals surface area contributed by atoms with Gasteiger partial charge in [-0.05, 0) is 19.8 Å². The molecule has 1 fully saturated rings. The molecule has 0 radical (unpaired) electrons. The molecule has 1 heterocycles. The molecule has 6 heteroatoms. The van der Waals surface area contributed by atoms with Crippen molar-refractivity contribution < 1.29 is 9.90 Å². The number of aliphatic hydroxyl groups excluding tert-OH is 1. The second-order valence-corrected chi connectivity index (χ2v) is 4.90. The van der Waals surface area contributed by atoms with E-state index in [2.05, 4.69) is 15.3 Å². The van der Waals surface area contributed by atoms with E-state index in [1.807, 2.05) is 0 Å². The third-order valence-electron chi connectivity index (χ3n) is 3.18. The van der Waals surface area contributed by atoms with Gasteiger partial charge in [0.2, 0.25) is 0 Å². The Morgan fingerprint density at radius 3 is 2.78 bits per heavy atom. The molecular weight excluding hydrogens is 254 g/mol. The summed E-state index contributed by atoms with van der Waals surface area (Å²) in [4.78, 5) is 19.1. The number of rotatable bonds is 3. The summed E-state index contributed by atoms with van der Waals surface area (Å²) in [7, 11) is 0. The first kappa shape index (κ1) is 13.2. The number of carbonyl (C=O) groups excluding carboxylic acids is 1. The monoisotopic (exact) mass is 269 g/mol. The van der Waals surface area contributed by atoms with Gasteiger partial charge in [0.05, 0.1) is 17.7 Å². The van der Waals surface area contributed by atoms with E-state index in [0.717, 1.165) is 25.7 Å². The number of anilines is 1. The zero-order valence-electron chi connectivity index (χ0n) is 10.2. The zero-order valence-corrected chi connectivity index (χ0v) is 10.9. The second kappa shape index (κ2) is 5.63. The highest BCUT2D eigenvalue weighted by Gasteiger charge is 2.24. The fourth-order valence-corrected chi connectivity index (χ4v) is 2.47. The number of hydrogen-bond donors (Lipinski definition) is 2. The molecular formula is C12H16ClN3O2. The lowest BCUT2D eigenvalue weighted by Gasteiger charge is -2.29. The van der Waals surface area contributed by atoms with E-state index in [1.54, 1.807) is 6.92 Å². The normalized spacial score (nSPS) is 23.7. The first-order chi connectivity index (χ1) is 8.61. The summed E-state index contributed by atoms with van der Waals surface area (Å²) in [5, 5.41) is 13.2. The number of aryl methyl sites for hydroxylation is 1. The number of aromatic nitrogens is 2. The van der Waals surface area contributed by atoms with Crippen LogP contribution in [0.1, 0.15) is 41.9 Å². The van der Waals surface area contributed by atoms with Gasteiger partial charge in [-0.2, -0.15) is 0 Å². The van der Waals surface area contributed by atoms with Crippen LogP contribution in [0, 0.1) is 6.92 Å². The van der Waals surface area contributed by atoms with Crippen molar-refractivity contribution in [3.8, 4) is 0 Å². The Morgan fingerprint density at radius 1 is 1.39 bits per heavy atom. The summed E-state index contributed by atoms with van der Waals surface area (Å²) >= 11 is 5.90. The third kappa shape index (κ3) is 2.79. The van der Waals surface area contributed by atoms with Gasteiger partial charge in [0.1, 0.15) is 16.8 Å². The van der Waals surface area contributed by atoms with Crippen molar-refractivity contribution in [2.24, 2.45) is 0 Å². The van der Waals surface area contributed by atoms with Crippen LogP contribution in [0.2, 0.25) is 5.15 Å². The molecule has 1 aromatic rings. The van der Waals surface area contributed by atoms with Gasteiger partial charge >= 0.3 is 0 Å². The van der Waals surface area contributed by atoms with Crippen molar-refractivity contribution >= 4 is 23.7 Å². The molecule has 0 bridgehead atoms. The van der Waals surface area contributed by atoms with Gasteiger partial charge in [0.15, 0.2) is 6.29 Å². The van der Waals surface area contributed by atoms with Gasteiger partial charge in [-0.25, -0.2) is 9.97 Å². The van der Waals surface area contributed by atoms with Crippen LogP contribution in [0.3, 0.4) is 0 Å². The molecule has 98 valence electrons. The van der Waals surface area contributed by atoms with Gasteiger partial charge < -0.3 is 10.4 Å². The lowest BCUT2D eigenvalue weighted by molar-refractivity contribution is 0.111. The Hall–Kier alpha value is -1.20. The van der Waals surface area contributed by atoms with Crippen LogP contribution in [0.4, 0.5) is 5.82 Å². The van der Waals surface area contributed by atoms with Crippen LogP contribution in [0.15, 0.2) is 0 Å². The van der Waals surface area contributed by atoms with Gasteiger partial charge in [-0.15, -0.1) is 0 Å². The molecule has 0 amide bonds. The Kier molecular flexibility index (Phi) is 4.14. The SMILES string of the molecule is Cc1nc(Cl)c(C=O)c(NC2CCCCC2O)n1. The molecule has 2 unspecified atom stereocenters. The fraction of sp³-hybridized carbons (Fsp3) is 0.583. The van der Waals surface area contributed by atoms with Crippen molar-refractivity contribution in [2.75, 3.05) is 5.32 Å². The van der Waals surface area contributed by atoms with Crippen molar-refractivity contribution in [3.63, 3.8) is 0 Å². The summed E-state index contributed by atoms with van der Waals surface area (Å²) in [6.07, 6.45) is 3.95. The molecule has 1 aromatic heterocycles. The van der Waals surface area contributed by atoms with Crippen LogP contribution in [0.5, 0.6) is 0 Å². The summed E-state index contributed by atoms with van der Waals surface area (Å²) in [6, 6.07) is -0.0807. The highest BCUT2D eigenvalue weighted by molar-refractivity contribution is 6.32. The average molecular weight is 270 g/mol. The number of carbonyl (C=O) groups is 1. The summed E-state index contributed by atoms with van der Waals surface area (Å²) < 4.78 is 0. The molecule has 1 saturated carbocycles. The van der Waals surface area contributed by atoms with Gasteiger partial charge in [0, 0.05) is 0 Å². The molecule has 0 saturated heterocycles. The Bertz CT molecular complexity index is 453. The third-order valence-corrected chi connectivity index (χ3v) is 3.47. The highest BCUT2D eigenvalue weighted by Crippen LogP contribution is 2.25. The van der Waals surface area contributed by atoms with Crippen LogP contribution in [-0.2, 0) is 0 Å². The van der Waals surface area contributed by atoms with E-state index >= 15 is 0 Å². The maximum Gasteiger partial charge on any atom is 0.156 e. The number of hydrogen-bond acceptors (Lipinski definition) is 5. The van der Waals surface area contributed by atoms with Crippen LogP contribution in [0.25, 0.3) is 0 Å². The molecule has 1 aliphatic carbocycles. The average Bonchev–Trinajstić information content (AvgIpc) is 2.31. The largest absolute Gasteiger partial charge is 0.391 e. The number of aldehydes is 1. The number of nitrogens with zero attached hydrogens (tertiary/aromatic N) is 2. The topological polar surface area (TPSA) is 75.1 Å². The predicted molar refractivity (Wildman–Crippen MR) is 69.1 cm³/mol. The number of aliphatic hydroxyl groups is 1. The number of nitrogens with one attached hydrogen (secondary N) is 1. The first-order valence-electron chi connectivity index (χ1n) is 6.05. The molecule has 18 heavy (non-hydrogen) atoms. The van der Waals surface area contributed by atoms with Gasteiger partial charge in [-0.1, -0.05) is 24.4 Å². The summed E-state index contributed by atoms with van der Waals surface area (Å²) in [5.74, 6) is 0.909. The summed E-state index contributed by atoms with van der Waals surface area (Å²) in [6.45, 7) is 1.71. The van der Waals surface area contributed by atoms with E-state index in [0.29, 0.717) is 17.9 Å². The second-order valence-electron chi connectivity index (χ2n) is 4.54. The Labute approximate surface area is 111 Å². The van der Waals surface area contributed by atoms with E-state index < -0.39 is 6.10 Å². The van der Waals surface area contributed by atoms with E-state index in [4.69, 9.17) is 11.6 Å². The van der Waals surface area contributed by atoms with E-state index in [9.17, 15) is 9.90 Å². The Morgan fingerprint density at radius 2 is 2.11 bits per heavy atom. The van der Waals surface area contributed by atoms with E-state index in [1.165, 1.54) is 0 Å². The predicted octanol–water partition coefficient (Wildman–Crippen LogP) is 1.97. The van der Waals surface area contributed by atoms with Crippen molar-refractivity contribution in [3.05, 3.63) is 16.5 Å². The molecule has 1 aliphatic rings. The molecule has 0 spiro atoms. The van der Waals surface area contributed by atoms with Crippen LogP contribution < -0.4 is 5.32 Å². The Balaban J connectivity index is 2.24. The minimum absolute atomic E-state index is 0.0807. The molecule has 2 atom stereocenters. The maximum absolute atomic E-state index is 11.0. The molecule has 2 rings (SSSR count). The maximum atomic E-state index is 11.0. The fourth-order valence-electron chi connectivity index (χ4n) is 2.22. The van der Waals surface area contributed by atoms with Crippen molar-refractivity contribution in [1.82, 2.24) is 9.97 Å². The smallest absolute Gasteiger partial charge is 0.156 e. The molecule has 0 aromatic carbocycles. The highest BCUT2D eigenvalue weighted by atomic mass is 35.5. The van der Waals surface area contributed by atoms with Crippen molar-refractivity contribution in [1.29, 1.82) is 0 Å². The zero-order chi connectivity index (χ0) is 13.1. The lowest BCUT2D eigenvalue weighted by Crippen LogP contribution is -2.37. The molecule has 5 nitrogen and oxygen atoms in total. The number of halogens is 1. The minimum atomic E-state index is -0.410. The quantitative estimate of drug-likeness (QED) is 0.648. The van der Waals surface area contributed by atoms with Crippen molar-refractivity contribution in [2.45, 2.75) is 44.8 Å². The van der Waals surface area contributed by atoms with Crippen LogP contribution in [-0.4, -0.2) is 33.5 Å². The lowest BCUT2D eigenvalue weighted by atomic mass is 9.92. The van der Waals surface area contributed by atoms with Gasteiger partial charge in [-0.3, -0.25) is 4.79 Å². The molecule has 2 N–H and O–H groups in total. The first-order valence-corrected chi connectivity index (χ1v) is 6.43. The van der Waals surface area contributed by atoms with Crippen LogP contribution >= 0.6 is 11.6 Å². The minimum Gasteiger partial charge on any atom is -0.391 e. The standard InChI is InChI=1S/C12H16ClN3O2/c1-7-14-11(13)8(6-17)12(15-7)16-9-4-2-3-5-10(9)18/h6,9-10,18H,2-5H2,1H3,(H,14,15,16). The molecule has 0 aliphatic heterocycles.